The highest BCUT2D eigenvalue weighted by atomic mass is 16.2. The van der Waals surface area contributed by atoms with Crippen LogP contribution in [-0.2, 0) is 24.9 Å². The summed E-state index contributed by atoms with van der Waals surface area (Å²) in [7, 11) is 1.81. The summed E-state index contributed by atoms with van der Waals surface area (Å²) in [5.74, 6) is 1.25. The van der Waals surface area contributed by atoms with Gasteiger partial charge in [0.2, 0.25) is 5.91 Å². The molecule has 0 atom stereocenters. The number of H-pyrrole nitrogens is 1. The normalized spacial score (nSPS) is 15.2. The second kappa shape index (κ2) is 9.70. The summed E-state index contributed by atoms with van der Waals surface area (Å²) in [5, 5.41) is 2.91. The molecule has 0 aromatic carbocycles. The van der Waals surface area contributed by atoms with E-state index in [9.17, 15) is 14.4 Å². The van der Waals surface area contributed by atoms with Crippen molar-refractivity contribution < 1.29 is 4.79 Å². The zero-order valence-corrected chi connectivity index (χ0v) is 19.4. The SMILES string of the molecule is CCCCn1c(=O)[nH]c(=O)c2c1nc(CN1CCC(C(=O)Nc3ccc(C)cn3)CC1)n2C. The van der Waals surface area contributed by atoms with Gasteiger partial charge in [-0.3, -0.25) is 24.0 Å². The van der Waals surface area contributed by atoms with Gasteiger partial charge >= 0.3 is 5.69 Å². The molecular formula is C23H31N7O3. The van der Waals surface area contributed by atoms with E-state index in [1.165, 1.54) is 0 Å². The number of anilines is 1. The lowest BCUT2D eigenvalue weighted by atomic mass is 9.96. The van der Waals surface area contributed by atoms with Crippen LogP contribution in [0.1, 0.15) is 44.0 Å². The summed E-state index contributed by atoms with van der Waals surface area (Å²) in [6.07, 6.45) is 4.99. The van der Waals surface area contributed by atoms with Crippen molar-refractivity contribution in [2.24, 2.45) is 13.0 Å². The smallest absolute Gasteiger partial charge is 0.324 e. The minimum absolute atomic E-state index is 0.000193. The van der Waals surface area contributed by atoms with Crippen LogP contribution >= 0.6 is 0 Å². The summed E-state index contributed by atoms with van der Waals surface area (Å²) in [6.45, 7) is 6.59. The number of amides is 1. The highest BCUT2D eigenvalue weighted by molar-refractivity contribution is 5.91. The largest absolute Gasteiger partial charge is 0.330 e. The lowest BCUT2D eigenvalue weighted by molar-refractivity contribution is -0.121. The van der Waals surface area contributed by atoms with Crippen molar-refractivity contribution in [1.29, 1.82) is 0 Å². The van der Waals surface area contributed by atoms with E-state index in [-0.39, 0.29) is 11.8 Å². The van der Waals surface area contributed by atoms with E-state index in [0.717, 1.165) is 50.2 Å². The number of fused-ring (bicyclic) bond motifs is 1. The Balaban J connectivity index is 1.43. The van der Waals surface area contributed by atoms with Gasteiger partial charge in [0.15, 0.2) is 11.2 Å². The van der Waals surface area contributed by atoms with Crippen LogP contribution < -0.4 is 16.6 Å². The van der Waals surface area contributed by atoms with Crippen LogP contribution in [0.5, 0.6) is 0 Å². The molecule has 1 fully saturated rings. The zero-order valence-electron chi connectivity index (χ0n) is 19.4. The number of likely N-dealkylation sites (tertiary alicyclic amines) is 1. The Hall–Kier alpha value is -3.27. The highest BCUT2D eigenvalue weighted by Gasteiger charge is 2.26. The Morgan fingerprint density at radius 1 is 1.24 bits per heavy atom. The van der Waals surface area contributed by atoms with Crippen LogP contribution in [-0.4, -0.2) is 48.0 Å². The van der Waals surface area contributed by atoms with Crippen LogP contribution in [0.4, 0.5) is 5.82 Å². The monoisotopic (exact) mass is 453 g/mol. The number of unbranched alkanes of at least 4 members (excludes halogenated alkanes) is 1. The molecule has 176 valence electrons. The standard InChI is InChI=1S/C23H31N7O3/c1-4-5-10-30-20-19(22(32)27-23(30)33)28(3)18(26-20)14-29-11-8-16(9-12-29)21(31)25-17-7-6-15(2)13-24-17/h6-7,13,16H,4-5,8-12,14H2,1-3H3,(H,24,25,31)(H,27,32,33). The molecule has 0 spiro atoms. The van der Waals surface area contributed by atoms with Crippen LogP contribution in [0, 0.1) is 12.8 Å². The molecule has 0 bridgehead atoms. The fourth-order valence-electron chi connectivity index (χ4n) is 4.28. The third-order valence-corrected chi connectivity index (χ3v) is 6.33. The number of rotatable bonds is 7. The van der Waals surface area contributed by atoms with E-state index in [1.54, 1.807) is 15.3 Å². The first-order valence-electron chi connectivity index (χ1n) is 11.5. The highest BCUT2D eigenvalue weighted by Crippen LogP contribution is 2.21. The van der Waals surface area contributed by atoms with Gasteiger partial charge in [-0.25, -0.2) is 14.8 Å². The number of aromatic amines is 1. The number of aromatic nitrogens is 5. The van der Waals surface area contributed by atoms with E-state index in [1.807, 2.05) is 26.1 Å². The number of imidazole rings is 1. The van der Waals surface area contributed by atoms with E-state index in [4.69, 9.17) is 0 Å². The lowest BCUT2D eigenvalue weighted by Gasteiger charge is -2.30. The molecule has 3 aromatic heterocycles. The molecular weight excluding hydrogens is 422 g/mol. The third kappa shape index (κ3) is 4.90. The quantitative estimate of drug-likeness (QED) is 0.563. The third-order valence-electron chi connectivity index (χ3n) is 6.33. The van der Waals surface area contributed by atoms with Crippen LogP contribution in [0.15, 0.2) is 27.9 Å². The maximum Gasteiger partial charge on any atom is 0.330 e. The first-order valence-corrected chi connectivity index (χ1v) is 11.5. The number of aryl methyl sites for hydroxylation is 3. The molecule has 4 heterocycles. The minimum Gasteiger partial charge on any atom is -0.324 e. The van der Waals surface area contributed by atoms with Gasteiger partial charge in [-0.1, -0.05) is 19.4 Å². The number of piperidine rings is 1. The second-order valence-corrected chi connectivity index (χ2v) is 8.78. The number of hydrogen-bond acceptors (Lipinski definition) is 6. The molecule has 1 aliphatic rings. The number of pyridine rings is 1. The Bertz CT molecular complexity index is 1250. The number of nitrogens with one attached hydrogen (secondary N) is 2. The van der Waals surface area contributed by atoms with Crippen molar-refractivity contribution in [3.63, 3.8) is 0 Å². The van der Waals surface area contributed by atoms with Gasteiger partial charge < -0.3 is 9.88 Å². The predicted molar refractivity (Wildman–Crippen MR) is 126 cm³/mol. The molecule has 4 rings (SSSR count). The summed E-state index contributed by atoms with van der Waals surface area (Å²) < 4.78 is 3.33. The Labute approximate surface area is 191 Å². The first kappa shape index (κ1) is 22.9. The maximum atomic E-state index is 12.6. The zero-order chi connectivity index (χ0) is 23.5. The summed E-state index contributed by atoms with van der Waals surface area (Å²) in [5.41, 5.74) is 1.08. The maximum absolute atomic E-state index is 12.6. The number of hydrogen-bond donors (Lipinski definition) is 2. The molecule has 3 aromatic rings. The molecule has 33 heavy (non-hydrogen) atoms. The number of carbonyl (C=O) groups is 1. The summed E-state index contributed by atoms with van der Waals surface area (Å²) in [6, 6.07) is 3.74. The second-order valence-electron chi connectivity index (χ2n) is 8.78. The molecule has 0 aliphatic carbocycles. The first-order chi connectivity index (χ1) is 15.9. The molecule has 1 saturated heterocycles. The van der Waals surface area contributed by atoms with Gasteiger partial charge in [0.25, 0.3) is 5.56 Å². The van der Waals surface area contributed by atoms with E-state index in [2.05, 4.69) is 32.1 Å². The number of carbonyl (C=O) groups excluding carboxylic acids is 1. The van der Waals surface area contributed by atoms with Gasteiger partial charge in [-0.2, -0.15) is 0 Å². The molecule has 0 saturated carbocycles. The van der Waals surface area contributed by atoms with Gasteiger partial charge in [0.1, 0.15) is 11.6 Å². The van der Waals surface area contributed by atoms with Crippen LogP contribution in [0.25, 0.3) is 11.2 Å². The van der Waals surface area contributed by atoms with Gasteiger partial charge in [-0.15, -0.1) is 0 Å². The topological polar surface area (TPSA) is 118 Å². The van der Waals surface area contributed by atoms with Crippen molar-refractivity contribution in [2.45, 2.75) is 52.6 Å². The molecule has 0 radical (unpaired) electrons. The molecule has 10 nitrogen and oxygen atoms in total. The predicted octanol–water partition coefficient (Wildman–Crippen LogP) is 1.78. The van der Waals surface area contributed by atoms with Crippen molar-refractivity contribution in [1.82, 2.24) is 29.0 Å². The molecule has 1 amide bonds. The fourth-order valence-corrected chi connectivity index (χ4v) is 4.28. The molecule has 2 N–H and O–H groups in total. The van der Waals surface area contributed by atoms with Gasteiger partial charge in [-0.05, 0) is 50.9 Å². The fraction of sp³-hybridized carbons (Fsp3) is 0.522. The lowest BCUT2D eigenvalue weighted by Crippen LogP contribution is -2.38. The molecule has 10 heteroatoms. The minimum atomic E-state index is -0.416. The number of nitrogens with zero attached hydrogens (tertiary/aromatic N) is 5. The van der Waals surface area contributed by atoms with E-state index in [0.29, 0.717) is 30.1 Å². The Morgan fingerprint density at radius 3 is 2.67 bits per heavy atom. The average molecular weight is 454 g/mol. The van der Waals surface area contributed by atoms with E-state index < -0.39 is 11.2 Å². The van der Waals surface area contributed by atoms with Gasteiger partial charge in [0, 0.05) is 25.7 Å². The van der Waals surface area contributed by atoms with Crippen molar-refractivity contribution >= 4 is 22.9 Å². The molecule has 1 aliphatic heterocycles. The van der Waals surface area contributed by atoms with E-state index >= 15 is 0 Å². The molecule has 0 unspecified atom stereocenters. The summed E-state index contributed by atoms with van der Waals surface area (Å²) >= 11 is 0. The van der Waals surface area contributed by atoms with Crippen molar-refractivity contribution in [3.8, 4) is 0 Å². The average Bonchev–Trinajstić information content (AvgIpc) is 3.12. The van der Waals surface area contributed by atoms with Gasteiger partial charge in [0.05, 0.1) is 6.54 Å². The van der Waals surface area contributed by atoms with Crippen molar-refractivity contribution in [2.75, 3.05) is 18.4 Å². The van der Waals surface area contributed by atoms with Crippen LogP contribution in [0.2, 0.25) is 0 Å². The Morgan fingerprint density at radius 2 is 2.00 bits per heavy atom. The summed E-state index contributed by atoms with van der Waals surface area (Å²) in [4.78, 5) is 51.0. The van der Waals surface area contributed by atoms with Crippen LogP contribution in [0.3, 0.4) is 0 Å². The Kier molecular flexibility index (Phi) is 6.73. The van der Waals surface area contributed by atoms with Crippen molar-refractivity contribution in [3.05, 3.63) is 50.6 Å².